The molecule has 3 rings (SSSR count). The van der Waals surface area contributed by atoms with E-state index in [0.717, 1.165) is 17.2 Å². The van der Waals surface area contributed by atoms with Crippen molar-refractivity contribution in [3.05, 3.63) is 53.3 Å². The van der Waals surface area contributed by atoms with Gasteiger partial charge in [0.1, 0.15) is 0 Å². The molecule has 1 N–H and O–H groups in total. The van der Waals surface area contributed by atoms with Crippen LogP contribution in [-0.2, 0) is 6.54 Å². The van der Waals surface area contributed by atoms with Gasteiger partial charge in [0, 0.05) is 18.9 Å². The van der Waals surface area contributed by atoms with Crippen molar-refractivity contribution in [2.45, 2.75) is 20.4 Å². The van der Waals surface area contributed by atoms with Crippen LogP contribution in [-0.4, -0.2) is 9.97 Å². The van der Waals surface area contributed by atoms with Gasteiger partial charge in [-0.3, -0.25) is 4.98 Å². The molecule has 0 aliphatic rings. The van der Waals surface area contributed by atoms with Crippen molar-refractivity contribution in [2.24, 2.45) is 0 Å². The minimum atomic E-state index is 0.785. The van der Waals surface area contributed by atoms with Crippen molar-refractivity contribution in [2.75, 3.05) is 5.32 Å². The normalized spacial score (nSPS) is 10.8. The number of aryl methyl sites for hydroxylation is 2. The first kappa shape index (κ1) is 12.1. The molecule has 2 heterocycles. The van der Waals surface area contributed by atoms with E-state index in [1.54, 1.807) is 11.3 Å². The Morgan fingerprint density at radius 1 is 1.21 bits per heavy atom. The number of nitrogens with zero attached hydrogens (tertiary/aromatic N) is 2. The van der Waals surface area contributed by atoms with Crippen LogP contribution < -0.4 is 5.32 Å². The van der Waals surface area contributed by atoms with Crippen LogP contribution in [0.2, 0.25) is 0 Å². The minimum absolute atomic E-state index is 0.785. The van der Waals surface area contributed by atoms with Gasteiger partial charge in [0.25, 0.3) is 0 Å². The maximum absolute atomic E-state index is 4.59. The Hall–Kier alpha value is -1.94. The number of benzene rings is 1. The van der Waals surface area contributed by atoms with Gasteiger partial charge in [0.05, 0.1) is 10.2 Å². The monoisotopic (exact) mass is 269 g/mol. The summed E-state index contributed by atoms with van der Waals surface area (Å²) in [6.07, 6.45) is 3.71. The van der Waals surface area contributed by atoms with Crippen LogP contribution in [0.15, 0.2) is 36.7 Å². The molecule has 1 aromatic carbocycles. The van der Waals surface area contributed by atoms with Gasteiger partial charge in [-0.1, -0.05) is 17.4 Å². The number of nitrogens with one attached hydrogen (secondary N) is 1. The molecular weight excluding hydrogens is 254 g/mol. The Bertz CT molecular complexity index is 718. The summed E-state index contributed by atoms with van der Waals surface area (Å²) in [6.45, 7) is 4.96. The quantitative estimate of drug-likeness (QED) is 0.783. The summed E-state index contributed by atoms with van der Waals surface area (Å²) >= 11 is 1.70. The first-order valence-corrected chi connectivity index (χ1v) is 7.04. The molecule has 0 aliphatic heterocycles. The lowest BCUT2D eigenvalue weighted by molar-refractivity contribution is 1.09. The molecule has 0 saturated carbocycles. The Kier molecular flexibility index (Phi) is 3.17. The van der Waals surface area contributed by atoms with Gasteiger partial charge in [0.2, 0.25) is 0 Å². The van der Waals surface area contributed by atoms with E-state index in [0.29, 0.717) is 0 Å². The molecule has 0 spiro atoms. The first-order valence-electron chi connectivity index (χ1n) is 6.23. The number of aromatic nitrogens is 2. The maximum Gasteiger partial charge on any atom is 0.184 e. The third kappa shape index (κ3) is 2.58. The molecular formula is C15H15N3S. The molecule has 0 saturated heterocycles. The second kappa shape index (κ2) is 4.97. The summed E-state index contributed by atoms with van der Waals surface area (Å²) in [5.74, 6) is 0. The zero-order valence-corrected chi connectivity index (χ0v) is 11.8. The third-order valence-corrected chi connectivity index (χ3v) is 4.09. The number of anilines is 1. The average Bonchev–Trinajstić information content (AvgIpc) is 2.79. The molecule has 3 nitrogen and oxygen atoms in total. The fourth-order valence-electron chi connectivity index (χ4n) is 1.98. The second-order valence-electron chi connectivity index (χ2n) is 4.65. The van der Waals surface area contributed by atoms with Crippen molar-refractivity contribution < 1.29 is 0 Å². The molecule has 2 aromatic heterocycles. The SMILES string of the molecule is Cc1ccc2nc(NCc3ccncc3C)sc2c1. The topological polar surface area (TPSA) is 37.8 Å². The summed E-state index contributed by atoms with van der Waals surface area (Å²) in [6, 6.07) is 8.39. The Balaban J connectivity index is 1.80. The van der Waals surface area contributed by atoms with Gasteiger partial charge in [0.15, 0.2) is 5.13 Å². The fraction of sp³-hybridized carbons (Fsp3) is 0.200. The van der Waals surface area contributed by atoms with Gasteiger partial charge in [-0.05, 0) is 48.7 Å². The molecule has 19 heavy (non-hydrogen) atoms. The summed E-state index contributed by atoms with van der Waals surface area (Å²) in [5, 5.41) is 4.36. The number of rotatable bonds is 3. The number of fused-ring (bicyclic) bond motifs is 1. The van der Waals surface area contributed by atoms with Crippen molar-refractivity contribution in [1.82, 2.24) is 9.97 Å². The van der Waals surface area contributed by atoms with Crippen LogP contribution in [0.5, 0.6) is 0 Å². The number of thiazole rings is 1. The zero-order chi connectivity index (χ0) is 13.2. The van der Waals surface area contributed by atoms with Crippen molar-refractivity contribution in [3.63, 3.8) is 0 Å². The van der Waals surface area contributed by atoms with Crippen molar-refractivity contribution in [1.29, 1.82) is 0 Å². The number of hydrogen-bond donors (Lipinski definition) is 1. The van der Waals surface area contributed by atoms with E-state index < -0.39 is 0 Å². The highest BCUT2D eigenvalue weighted by Crippen LogP contribution is 2.27. The minimum Gasteiger partial charge on any atom is -0.357 e. The van der Waals surface area contributed by atoms with Crippen LogP contribution in [0.25, 0.3) is 10.2 Å². The smallest absolute Gasteiger partial charge is 0.184 e. The molecule has 0 radical (unpaired) electrons. The van der Waals surface area contributed by atoms with E-state index in [-0.39, 0.29) is 0 Å². The largest absolute Gasteiger partial charge is 0.357 e. The Labute approximate surface area is 116 Å². The summed E-state index contributed by atoms with van der Waals surface area (Å²) in [4.78, 5) is 8.69. The molecule has 96 valence electrons. The highest BCUT2D eigenvalue weighted by atomic mass is 32.1. The van der Waals surface area contributed by atoms with Gasteiger partial charge in [-0.2, -0.15) is 0 Å². The van der Waals surface area contributed by atoms with Gasteiger partial charge in [-0.15, -0.1) is 0 Å². The highest BCUT2D eigenvalue weighted by Gasteiger charge is 2.04. The predicted octanol–water partition coefficient (Wildman–Crippen LogP) is 3.92. The molecule has 0 atom stereocenters. The maximum atomic E-state index is 4.59. The van der Waals surface area contributed by atoms with Crippen LogP contribution in [0.4, 0.5) is 5.13 Å². The van der Waals surface area contributed by atoms with Gasteiger partial charge < -0.3 is 5.32 Å². The number of pyridine rings is 1. The molecule has 0 aliphatic carbocycles. The third-order valence-electron chi connectivity index (χ3n) is 3.11. The molecule has 0 fully saturated rings. The van der Waals surface area contributed by atoms with E-state index in [1.807, 2.05) is 18.5 Å². The van der Waals surface area contributed by atoms with Crippen LogP contribution >= 0.6 is 11.3 Å². The van der Waals surface area contributed by atoms with E-state index in [9.17, 15) is 0 Å². The van der Waals surface area contributed by atoms with Crippen molar-refractivity contribution in [3.8, 4) is 0 Å². The fourth-order valence-corrected chi connectivity index (χ4v) is 2.94. The van der Waals surface area contributed by atoms with Gasteiger partial charge in [-0.25, -0.2) is 4.98 Å². The van der Waals surface area contributed by atoms with Crippen LogP contribution in [0.3, 0.4) is 0 Å². The highest BCUT2D eigenvalue weighted by molar-refractivity contribution is 7.22. The Morgan fingerprint density at radius 3 is 2.95 bits per heavy atom. The predicted molar refractivity (Wildman–Crippen MR) is 80.7 cm³/mol. The summed E-state index contributed by atoms with van der Waals surface area (Å²) < 4.78 is 1.23. The van der Waals surface area contributed by atoms with E-state index in [1.165, 1.54) is 21.4 Å². The molecule has 0 amide bonds. The zero-order valence-electron chi connectivity index (χ0n) is 11.0. The lowest BCUT2D eigenvalue weighted by Crippen LogP contribution is -2.00. The molecule has 0 bridgehead atoms. The average molecular weight is 269 g/mol. The summed E-state index contributed by atoms with van der Waals surface area (Å²) in [5.41, 5.74) is 4.79. The first-order chi connectivity index (χ1) is 9.22. The van der Waals surface area contributed by atoms with Crippen LogP contribution in [0, 0.1) is 13.8 Å². The molecule has 3 aromatic rings. The van der Waals surface area contributed by atoms with E-state index >= 15 is 0 Å². The van der Waals surface area contributed by atoms with Gasteiger partial charge >= 0.3 is 0 Å². The molecule has 0 unspecified atom stereocenters. The Morgan fingerprint density at radius 2 is 2.11 bits per heavy atom. The summed E-state index contributed by atoms with van der Waals surface area (Å²) in [7, 11) is 0. The van der Waals surface area contributed by atoms with E-state index in [4.69, 9.17) is 0 Å². The lowest BCUT2D eigenvalue weighted by Gasteiger charge is -2.05. The second-order valence-corrected chi connectivity index (χ2v) is 5.68. The standard InChI is InChI=1S/C15H15N3S/c1-10-3-4-13-14(7-10)19-15(18-13)17-9-12-5-6-16-8-11(12)2/h3-8H,9H2,1-2H3,(H,17,18). The van der Waals surface area contributed by atoms with Crippen LogP contribution in [0.1, 0.15) is 16.7 Å². The van der Waals surface area contributed by atoms with Crippen molar-refractivity contribution >= 4 is 26.7 Å². The number of hydrogen-bond acceptors (Lipinski definition) is 4. The lowest BCUT2D eigenvalue weighted by atomic mass is 10.2. The van der Waals surface area contributed by atoms with E-state index in [2.05, 4.69) is 47.3 Å². The molecule has 4 heteroatoms.